The standard InChI is InChI=1S/C25H30N6O2/c1-24(2,3)33-23(32)30-12-13-31(25(4,5)17-30)22-8-9-26-16-21(22)29-15-18-6-7-19-20(14-18)28-11-10-27-19/h6-11,14-16H,12-13,17H2,1-5H3/b29-15+. The second kappa shape index (κ2) is 8.77. The molecule has 0 N–H and O–H groups in total. The quantitative estimate of drug-likeness (QED) is 0.546. The molecular weight excluding hydrogens is 416 g/mol. The third-order valence-corrected chi connectivity index (χ3v) is 5.47. The zero-order valence-electron chi connectivity index (χ0n) is 19.8. The Labute approximate surface area is 194 Å². The summed E-state index contributed by atoms with van der Waals surface area (Å²) in [5.41, 5.74) is 3.55. The Morgan fingerprint density at radius 2 is 1.85 bits per heavy atom. The number of ether oxygens (including phenoxy) is 1. The van der Waals surface area contributed by atoms with Crippen molar-refractivity contribution in [2.75, 3.05) is 24.5 Å². The third-order valence-electron chi connectivity index (χ3n) is 5.47. The van der Waals surface area contributed by atoms with Gasteiger partial charge in [-0.05, 0) is 58.4 Å². The summed E-state index contributed by atoms with van der Waals surface area (Å²) in [5.74, 6) is 0. The van der Waals surface area contributed by atoms with Crippen LogP contribution in [0.25, 0.3) is 11.0 Å². The van der Waals surface area contributed by atoms with E-state index in [1.165, 1.54) is 0 Å². The van der Waals surface area contributed by atoms with Gasteiger partial charge in [0.15, 0.2) is 0 Å². The number of rotatable bonds is 3. The summed E-state index contributed by atoms with van der Waals surface area (Å²) in [4.78, 5) is 34.4. The molecule has 0 spiro atoms. The molecule has 0 radical (unpaired) electrons. The molecular formula is C25H30N6O2. The Bertz CT molecular complexity index is 1180. The number of benzene rings is 1. The van der Waals surface area contributed by atoms with Crippen molar-refractivity contribution in [3.8, 4) is 0 Å². The van der Waals surface area contributed by atoms with Gasteiger partial charge in [-0.2, -0.15) is 0 Å². The van der Waals surface area contributed by atoms with Crippen molar-refractivity contribution in [3.63, 3.8) is 0 Å². The number of hydrogen-bond acceptors (Lipinski definition) is 7. The number of piperazine rings is 1. The van der Waals surface area contributed by atoms with E-state index in [0.717, 1.165) is 28.0 Å². The molecule has 0 saturated carbocycles. The van der Waals surface area contributed by atoms with Crippen LogP contribution in [-0.4, -0.2) is 62.9 Å². The van der Waals surface area contributed by atoms with Crippen LogP contribution in [-0.2, 0) is 4.74 Å². The van der Waals surface area contributed by atoms with E-state index in [1.807, 2.05) is 51.3 Å². The highest BCUT2D eigenvalue weighted by molar-refractivity contribution is 5.89. The topological polar surface area (TPSA) is 83.8 Å². The highest BCUT2D eigenvalue weighted by Gasteiger charge is 2.38. The molecule has 1 aromatic carbocycles. The summed E-state index contributed by atoms with van der Waals surface area (Å²) < 4.78 is 5.58. The molecule has 3 aromatic rings. The van der Waals surface area contributed by atoms with E-state index in [-0.39, 0.29) is 11.6 Å². The van der Waals surface area contributed by atoms with Gasteiger partial charge in [-0.25, -0.2) is 4.79 Å². The number of aromatic nitrogens is 3. The highest BCUT2D eigenvalue weighted by atomic mass is 16.6. The smallest absolute Gasteiger partial charge is 0.410 e. The number of hydrogen-bond donors (Lipinski definition) is 0. The number of nitrogens with zero attached hydrogens (tertiary/aromatic N) is 6. The van der Waals surface area contributed by atoms with Gasteiger partial charge >= 0.3 is 6.09 Å². The lowest BCUT2D eigenvalue weighted by Gasteiger charge is -2.48. The Morgan fingerprint density at radius 1 is 1.09 bits per heavy atom. The van der Waals surface area contributed by atoms with Crippen LogP contribution >= 0.6 is 0 Å². The van der Waals surface area contributed by atoms with Crippen molar-refractivity contribution in [1.29, 1.82) is 0 Å². The van der Waals surface area contributed by atoms with Crippen LogP contribution in [0.5, 0.6) is 0 Å². The van der Waals surface area contributed by atoms with Gasteiger partial charge < -0.3 is 14.5 Å². The van der Waals surface area contributed by atoms with E-state index in [9.17, 15) is 4.79 Å². The van der Waals surface area contributed by atoms with E-state index < -0.39 is 5.60 Å². The maximum atomic E-state index is 12.6. The van der Waals surface area contributed by atoms with Gasteiger partial charge in [0, 0.05) is 44.4 Å². The minimum absolute atomic E-state index is 0.275. The first-order valence-electron chi connectivity index (χ1n) is 11.1. The number of pyridine rings is 1. The van der Waals surface area contributed by atoms with Gasteiger partial charge in [0.1, 0.15) is 11.3 Å². The maximum Gasteiger partial charge on any atom is 0.410 e. The van der Waals surface area contributed by atoms with Gasteiger partial charge in [0.05, 0.1) is 28.5 Å². The molecule has 0 unspecified atom stereocenters. The first kappa shape index (κ1) is 22.6. The summed E-state index contributed by atoms with van der Waals surface area (Å²) in [7, 11) is 0. The number of aliphatic imine (C=N–C) groups is 1. The van der Waals surface area contributed by atoms with Gasteiger partial charge in [-0.1, -0.05) is 6.07 Å². The van der Waals surface area contributed by atoms with E-state index in [2.05, 4.69) is 33.7 Å². The van der Waals surface area contributed by atoms with Gasteiger partial charge in [-0.15, -0.1) is 0 Å². The first-order chi connectivity index (χ1) is 15.6. The largest absolute Gasteiger partial charge is 0.444 e. The van der Waals surface area contributed by atoms with E-state index in [0.29, 0.717) is 19.6 Å². The molecule has 3 heterocycles. The Balaban J connectivity index is 1.55. The van der Waals surface area contributed by atoms with Gasteiger partial charge in [-0.3, -0.25) is 19.9 Å². The number of carbonyl (C=O) groups excluding carboxylic acids is 1. The van der Waals surface area contributed by atoms with Crippen LogP contribution in [0.15, 0.2) is 54.0 Å². The van der Waals surface area contributed by atoms with E-state index in [1.54, 1.807) is 29.7 Å². The molecule has 1 saturated heterocycles. The number of fused-ring (bicyclic) bond motifs is 1. The molecule has 1 amide bonds. The molecule has 8 nitrogen and oxygen atoms in total. The third kappa shape index (κ3) is 5.27. The lowest BCUT2D eigenvalue weighted by molar-refractivity contribution is 0.0179. The second-order valence-corrected chi connectivity index (χ2v) is 9.79. The lowest BCUT2D eigenvalue weighted by atomic mass is 9.97. The van der Waals surface area contributed by atoms with Crippen molar-refractivity contribution in [2.45, 2.75) is 45.8 Å². The Hall–Kier alpha value is -3.55. The molecule has 1 aliphatic rings. The molecule has 0 bridgehead atoms. The van der Waals surface area contributed by atoms with Crippen LogP contribution < -0.4 is 4.90 Å². The van der Waals surface area contributed by atoms with E-state index >= 15 is 0 Å². The number of anilines is 1. The van der Waals surface area contributed by atoms with E-state index in [4.69, 9.17) is 9.73 Å². The van der Waals surface area contributed by atoms with Gasteiger partial charge in [0.2, 0.25) is 0 Å². The minimum Gasteiger partial charge on any atom is -0.444 e. The summed E-state index contributed by atoms with van der Waals surface area (Å²) >= 11 is 0. The first-order valence-corrected chi connectivity index (χ1v) is 11.1. The van der Waals surface area contributed by atoms with Crippen LogP contribution in [0.3, 0.4) is 0 Å². The molecule has 8 heteroatoms. The van der Waals surface area contributed by atoms with Crippen LogP contribution in [0.4, 0.5) is 16.2 Å². The molecule has 0 atom stereocenters. The number of amides is 1. The fourth-order valence-corrected chi connectivity index (χ4v) is 3.99. The molecule has 1 fully saturated rings. The fraction of sp³-hybridized carbons (Fsp3) is 0.400. The molecule has 0 aliphatic carbocycles. The average Bonchev–Trinajstić information content (AvgIpc) is 2.76. The summed E-state index contributed by atoms with van der Waals surface area (Å²) in [5, 5.41) is 0. The summed E-state index contributed by atoms with van der Waals surface area (Å²) in [6.45, 7) is 11.7. The zero-order chi connectivity index (χ0) is 23.6. The minimum atomic E-state index is -0.514. The predicted molar refractivity (Wildman–Crippen MR) is 130 cm³/mol. The van der Waals surface area contributed by atoms with Crippen LogP contribution in [0, 0.1) is 0 Å². The highest BCUT2D eigenvalue weighted by Crippen LogP contribution is 2.35. The zero-order valence-corrected chi connectivity index (χ0v) is 19.8. The molecule has 2 aromatic heterocycles. The predicted octanol–water partition coefficient (Wildman–Crippen LogP) is 4.61. The molecule has 1 aliphatic heterocycles. The van der Waals surface area contributed by atoms with Crippen LogP contribution in [0.2, 0.25) is 0 Å². The van der Waals surface area contributed by atoms with Crippen molar-refractivity contribution in [3.05, 3.63) is 54.6 Å². The van der Waals surface area contributed by atoms with Crippen molar-refractivity contribution in [1.82, 2.24) is 19.9 Å². The monoisotopic (exact) mass is 446 g/mol. The van der Waals surface area contributed by atoms with Crippen molar-refractivity contribution >= 4 is 34.7 Å². The Kier molecular flexibility index (Phi) is 6.01. The summed E-state index contributed by atoms with van der Waals surface area (Å²) in [6.07, 6.45) is 8.45. The second-order valence-electron chi connectivity index (χ2n) is 9.79. The maximum absolute atomic E-state index is 12.6. The Morgan fingerprint density at radius 3 is 2.58 bits per heavy atom. The normalized spacial score (nSPS) is 16.4. The fourth-order valence-electron chi connectivity index (χ4n) is 3.99. The molecule has 172 valence electrons. The lowest BCUT2D eigenvalue weighted by Crippen LogP contribution is -2.61. The van der Waals surface area contributed by atoms with Gasteiger partial charge in [0.25, 0.3) is 0 Å². The van der Waals surface area contributed by atoms with Crippen molar-refractivity contribution < 1.29 is 9.53 Å². The average molecular weight is 447 g/mol. The summed E-state index contributed by atoms with van der Waals surface area (Å²) in [6, 6.07) is 7.85. The molecule has 33 heavy (non-hydrogen) atoms. The van der Waals surface area contributed by atoms with Crippen LogP contribution in [0.1, 0.15) is 40.2 Å². The molecule has 4 rings (SSSR count). The SMILES string of the molecule is CC(C)(C)OC(=O)N1CCN(c2ccncc2/N=C/c2ccc3nccnc3c2)C(C)(C)C1. The number of carbonyl (C=O) groups is 1. The van der Waals surface area contributed by atoms with Crippen molar-refractivity contribution in [2.24, 2.45) is 4.99 Å².